The smallest absolute Gasteiger partial charge is 0.00761 e. The topological polar surface area (TPSA) is 26.0 Å². The first-order valence-corrected chi connectivity index (χ1v) is 7.45. The van der Waals surface area contributed by atoms with Crippen LogP contribution in [-0.4, -0.2) is 0 Å². The Hall–Kier alpha value is -1.50. The van der Waals surface area contributed by atoms with E-state index in [0.29, 0.717) is 5.92 Å². The van der Waals surface area contributed by atoms with Crippen molar-refractivity contribution in [3.8, 4) is 0 Å². The van der Waals surface area contributed by atoms with Crippen molar-refractivity contribution in [1.82, 2.24) is 0 Å². The minimum absolute atomic E-state index is 0.556. The second-order valence-electron chi connectivity index (χ2n) is 5.95. The molecule has 3 rings (SSSR count). The highest BCUT2D eigenvalue weighted by molar-refractivity contribution is 5.36. The van der Waals surface area contributed by atoms with Gasteiger partial charge in [0.2, 0.25) is 0 Å². The Bertz CT molecular complexity index is 507. The maximum absolute atomic E-state index is 6.02. The summed E-state index contributed by atoms with van der Waals surface area (Å²) in [6.07, 6.45) is 10.6. The molecule has 1 nitrogen and oxygen atoms in total. The van der Waals surface area contributed by atoms with Crippen molar-refractivity contribution >= 4 is 0 Å². The van der Waals surface area contributed by atoms with Gasteiger partial charge in [0.05, 0.1) is 0 Å². The number of rotatable bonds is 2. The largest absolute Gasteiger partial charge is 0.402 e. The van der Waals surface area contributed by atoms with Crippen molar-refractivity contribution in [2.45, 2.75) is 50.9 Å². The molecule has 0 aliphatic heterocycles. The SMILES string of the molecule is CC1=C(N)CCC1c1ccc(C2CC=CCC2)cc1. The first kappa shape index (κ1) is 12.5. The van der Waals surface area contributed by atoms with E-state index in [1.807, 2.05) is 0 Å². The van der Waals surface area contributed by atoms with Crippen molar-refractivity contribution in [1.29, 1.82) is 0 Å². The molecule has 0 heterocycles. The quantitative estimate of drug-likeness (QED) is 0.765. The third kappa shape index (κ3) is 2.47. The van der Waals surface area contributed by atoms with Crippen molar-refractivity contribution in [3.63, 3.8) is 0 Å². The molecule has 100 valence electrons. The maximum Gasteiger partial charge on any atom is 0.00761 e. The van der Waals surface area contributed by atoms with E-state index >= 15 is 0 Å². The van der Waals surface area contributed by atoms with Crippen LogP contribution in [-0.2, 0) is 0 Å². The van der Waals surface area contributed by atoms with Gasteiger partial charge >= 0.3 is 0 Å². The van der Waals surface area contributed by atoms with Gasteiger partial charge in [-0.3, -0.25) is 0 Å². The van der Waals surface area contributed by atoms with Gasteiger partial charge in [0.1, 0.15) is 0 Å². The molecule has 1 aromatic rings. The Morgan fingerprint density at radius 2 is 1.74 bits per heavy atom. The monoisotopic (exact) mass is 253 g/mol. The molecule has 0 radical (unpaired) electrons. The number of nitrogens with two attached hydrogens (primary N) is 1. The maximum atomic E-state index is 6.02. The van der Waals surface area contributed by atoms with Crippen LogP contribution < -0.4 is 5.73 Å². The lowest BCUT2D eigenvalue weighted by atomic mass is 9.86. The molecule has 19 heavy (non-hydrogen) atoms. The number of hydrogen-bond donors (Lipinski definition) is 1. The average molecular weight is 253 g/mol. The summed E-state index contributed by atoms with van der Waals surface area (Å²) in [6, 6.07) is 9.31. The lowest BCUT2D eigenvalue weighted by Gasteiger charge is -2.19. The van der Waals surface area contributed by atoms with Crippen LogP contribution in [0.4, 0.5) is 0 Å². The molecule has 2 aliphatic rings. The fourth-order valence-electron chi connectivity index (χ4n) is 3.45. The van der Waals surface area contributed by atoms with E-state index in [1.165, 1.54) is 42.4 Å². The van der Waals surface area contributed by atoms with Gasteiger partial charge in [-0.1, -0.05) is 36.4 Å². The second-order valence-corrected chi connectivity index (χ2v) is 5.95. The third-order valence-electron chi connectivity index (χ3n) is 4.81. The molecular formula is C18H23N. The van der Waals surface area contributed by atoms with Gasteiger partial charge in [-0.2, -0.15) is 0 Å². The van der Waals surface area contributed by atoms with Gasteiger partial charge in [-0.15, -0.1) is 0 Å². The zero-order valence-electron chi connectivity index (χ0n) is 11.7. The van der Waals surface area contributed by atoms with Gasteiger partial charge in [-0.25, -0.2) is 0 Å². The molecule has 2 N–H and O–H groups in total. The van der Waals surface area contributed by atoms with Gasteiger partial charge in [-0.05, 0) is 61.6 Å². The Kier molecular flexibility index (Phi) is 3.46. The predicted molar refractivity (Wildman–Crippen MR) is 81.0 cm³/mol. The fraction of sp³-hybridized carbons (Fsp3) is 0.444. The van der Waals surface area contributed by atoms with Crippen LogP contribution in [0.5, 0.6) is 0 Å². The van der Waals surface area contributed by atoms with Crippen molar-refractivity contribution in [2.24, 2.45) is 5.73 Å². The molecule has 0 saturated heterocycles. The molecule has 2 aliphatic carbocycles. The van der Waals surface area contributed by atoms with E-state index < -0.39 is 0 Å². The van der Waals surface area contributed by atoms with Gasteiger partial charge < -0.3 is 5.73 Å². The summed E-state index contributed by atoms with van der Waals surface area (Å²) in [7, 11) is 0. The molecule has 0 aromatic heterocycles. The summed E-state index contributed by atoms with van der Waals surface area (Å²) in [5, 5.41) is 0. The second kappa shape index (κ2) is 5.24. The molecular weight excluding hydrogens is 230 g/mol. The fourth-order valence-corrected chi connectivity index (χ4v) is 3.45. The minimum atomic E-state index is 0.556. The summed E-state index contributed by atoms with van der Waals surface area (Å²) >= 11 is 0. The minimum Gasteiger partial charge on any atom is -0.402 e. The molecule has 1 aromatic carbocycles. The molecule has 0 bridgehead atoms. The highest BCUT2D eigenvalue weighted by Crippen LogP contribution is 2.38. The zero-order chi connectivity index (χ0) is 13.2. The van der Waals surface area contributed by atoms with Crippen LogP contribution >= 0.6 is 0 Å². The van der Waals surface area contributed by atoms with Gasteiger partial charge in [0, 0.05) is 11.6 Å². The highest BCUT2D eigenvalue weighted by Gasteiger charge is 2.22. The van der Waals surface area contributed by atoms with Crippen molar-refractivity contribution in [2.75, 3.05) is 0 Å². The van der Waals surface area contributed by atoms with E-state index in [1.54, 1.807) is 0 Å². The summed E-state index contributed by atoms with van der Waals surface area (Å²) in [5.74, 6) is 1.28. The number of hydrogen-bond acceptors (Lipinski definition) is 1. The lowest BCUT2D eigenvalue weighted by Crippen LogP contribution is -2.02. The summed E-state index contributed by atoms with van der Waals surface area (Å²) in [5.41, 5.74) is 11.4. The Balaban J connectivity index is 1.78. The van der Waals surface area contributed by atoms with E-state index in [0.717, 1.165) is 18.0 Å². The van der Waals surface area contributed by atoms with E-state index in [4.69, 9.17) is 5.73 Å². The first-order valence-electron chi connectivity index (χ1n) is 7.45. The molecule has 0 spiro atoms. The van der Waals surface area contributed by atoms with E-state index in [-0.39, 0.29) is 0 Å². The molecule has 0 amide bonds. The number of benzene rings is 1. The molecule has 2 atom stereocenters. The Morgan fingerprint density at radius 3 is 2.32 bits per heavy atom. The summed E-state index contributed by atoms with van der Waals surface area (Å²) in [6.45, 7) is 2.19. The van der Waals surface area contributed by atoms with Crippen molar-refractivity contribution < 1.29 is 0 Å². The molecule has 2 unspecified atom stereocenters. The van der Waals surface area contributed by atoms with E-state index in [2.05, 4.69) is 43.3 Å². The Labute approximate surface area is 116 Å². The standard InChI is InChI=1S/C18H23N/c1-13-17(11-12-18(13)19)16-9-7-15(8-10-16)14-5-3-2-4-6-14/h2-3,7-10,14,17H,4-6,11-12,19H2,1H3. The zero-order valence-corrected chi connectivity index (χ0v) is 11.7. The summed E-state index contributed by atoms with van der Waals surface area (Å²) < 4.78 is 0. The first-order chi connectivity index (χ1) is 9.25. The average Bonchev–Trinajstić information content (AvgIpc) is 2.80. The van der Waals surface area contributed by atoms with Gasteiger partial charge in [0.25, 0.3) is 0 Å². The Morgan fingerprint density at radius 1 is 1.00 bits per heavy atom. The molecule has 1 heteroatoms. The van der Waals surface area contributed by atoms with Crippen molar-refractivity contribution in [3.05, 3.63) is 58.8 Å². The molecule has 0 saturated carbocycles. The highest BCUT2D eigenvalue weighted by atomic mass is 14.6. The lowest BCUT2D eigenvalue weighted by molar-refractivity contribution is 0.616. The normalized spacial score (nSPS) is 27.0. The van der Waals surface area contributed by atoms with Crippen LogP contribution in [0, 0.1) is 0 Å². The summed E-state index contributed by atoms with van der Waals surface area (Å²) in [4.78, 5) is 0. The predicted octanol–water partition coefficient (Wildman–Crippen LogP) is 4.62. The van der Waals surface area contributed by atoms with Crippen LogP contribution in [0.15, 0.2) is 47.7 Å². The van der Waals surface area contributed by atoms with E-state index in [9.17, 15) is 0 Å². The van der Waals surface area contributed by atoms with Gasteiger partial charge in [0.15, 0.2) is 0 Å². The molecule has 0 fully saturated rings. The van der Waals surface area contributed by atoms with Crippen LogP contribution in [0.1, 0.15) is 62.0 Å². The third-order valence-corrected chi connectivity index (χ3v) is 4.81. The van der Waals surface area contributed by atoms with Crippen LogP contribution in [0.25, 0.3) is 0 Å². The van der Waals surface area contributed by atoms with Crippen LogP contribution in [0.2, 0.25) is 0 Å². The van der Waals surface area contributed by atoms with Crippen LogP contribution in [0.3, 0.4) is 0 Å². The number of allylic oxidation sites excluding steroid dienone is 4.